The molecule has 0 amide bonds. The normalized spacial score (nSPS) is 11.3. The minimum absolute atomic E-state index is 0.183. The Morgan fingerprint density at radius 3 is 2.72 bits per heavy atom. The predicted molar refractivity (Wildman–Crippen MR) is 73.0 cm³/mol. The topological polar surface area (TPSA) is 42.2 Å². The minimum atomic E-state index is -0.743. The van der Waals surface area contributed by atoms with Gasteiger partial charge >= 0.3 is 5.97 Å². The third-order valence-electron chi connectivity index (χ3n) is 3.25. The van der Waals surface area contributed by atoms with Crippen molar-refractivity contribution in [3.8, 4) is 0 Å². The highest BCUT2D eigenvalue weighted by Gasteiger charge is 2.13. The maximum absolute atomic E-state index is 10.7. The first-order valence-corrected chi connectivity index (χ1v) is 6.32. The van der Waals surface area contributed by atoms with E-state index in [1.54, 1.807) is 0 Å². The van der Waals surface area contributed by atoms with Gasteiger partial charge in [-0.15, -0.1) is 0 Å². The van der Waals surface area contributed by atoms with Crippen LogP contribution < -0.4 is 0 Å². The summed E-state index contributed by atoms with van der Waals surface area (Å²) in [6.45, 7) is 6.37. The van der Waals surface area contributed by atoms with E-state index in [4.69, 9.17) is 5.11 Å². The molecular weight excluding hydrogens is 226 g/mol. The number of aliphatic carboxylic acids is 1. The van der Waals surface area contributed by atoms with Crippen LogP contribution in [0.25, 0.3) is 10.9 Å². The molecule has 0 bridgehead atoms. The summed E-state index contributed by atoms with van der Waals surface area (Å²) >= 11 is 0. The van der Waals surface area contributed by atoms with Crippen molar-refractivity contribution in [2.75, 3.05) is 0 Å². The molecule has 2 rings (SSSR count). The number of benzene rings is 1. The van der Waals surface area contributed by atoms with Crippen molar-refractivity contribution in [3.05, 3.63) is 35.5 Å². The smallest absolute Gasteiger partial charge is 0.303 e. The van der Waals surface area contributed by atoms with Crippen molar-refractivity contribution in [3.63, 3.8) is 0 Å². The lowest BCUT2D eigenvalue weighted by Crippen LogP contribution is -2.08. The minimum Gasteiger partial charge on any atom is -0.481 e. The molecule has 0 radical (unpaired) electrons. The van der Waals surface area contributed by atoms with Crippen LogP contribution in [0.3, 0.4) is 0 Å². The number of hydrogen-bond donors (Lipinski definition) is 1. The molecule has 96 valence electrons. The first kappa shape index (κ1) is 12.7. The highest BCUT2D eigenvalue weighted by atomic mass is 16.4. The second-order valence-corrected chi connectivity index (χ2v) is 5.01. The maximum Gasteiger partial charge on any atom is 0.303 e. The monoisotopic (exact) mass is 245 g/mol. The first-order valence-electron chi connectivity index (χ1n) is 6.32. The van der Waals surface area contributed by atoms with Crippen LogP contribution in [0.4, 0.5) is 0 Å². The van der Waals surface area contributed by atoms with Crippen LogP contribution >= 0.6 is 0 Å². The van der Waals surface area contributed by atoms with Crippen molar-refractivity contribution in [1.82, 2.24) is 4.57 Å². The van der Waals surface area contributed by atoms with Gasteiger partial charge in [0.15, 0.2) is 0 Å². The molecule has 18 heavy (non-hydrogen) atoms. The molecule has 0 aliphatic rings. The van der Waals surface area contributed by atoms with Gasteiger partial charge < -0.3 is 9.67 Å². The van der Waals surface area contributed by atoms with Crippen LogP contribution in [-0.4, -0.2) is 15.6 Å². The Hall–Kier alpha value is -1.77. The molecule has 2 aromatic rings. The van der Waals surface area contributed by atoms with Crippen LogP contribution in [0, 0.1) is 6.92 Å². The Balaban J connectivity index is 2.55. The zero-order chi connectivity index (χ0) is 13.3. The van der Waals surface area contributed by atoms with Crippen LogP contribution in [0.2, 0.25) is 0 Å². The molecule has 1 aromatic heterocycles. The predicted octanol–water partition coefficient (Wildman–Crippen LogP) is 3.55. The van der Waals surface area contributed by atoms with Gasteiger partial charge in [-0.3, -0.25) is 4.79 Å². The third-order valence-corrected chi connectivity index (χ3v) is 3.25. The average Bonchev–Trinajstić information content (AvgIpc) is 2.66. The first-order chi connectivity index (χ1) is 8.50. The molecule has 0 saturated heterocycles. The van der Waals surface area contributed by atoms with Gasteiger partial charge in [0.2, 0.25) is 0 Å². The van der Waals surface area contributed by atoms with Gasteiger partial charge in [0.25, 0.3) is 0 Å². The number of carboxylic acids is 1. The molecule has 3 heteroatoms. The van der Waals surface area contributed by atoms with Gasteiger partial charge in [-0.05, 0) is 38.8 Å². The Morgan fingerprint density at radius 1 is 1.39 bits per heavy atom. The van der Waals surface area contributed by atoms with Gasteiger partial charge in [-0.2, -0.15) is 0 Å². The van der Waals surface area contributed by atoms with E-state index in [9.17, 15) is 4.79 Å². The third kappa shape index (κ3) is 2.26. The van der Waals surface area contributed by atoms with Gasteiger partial charge in [-0.1, -0.05) is 18.2 Å². The van der Waals surface area contributed by atoms with E-state index in [0.29, 0.717) is 12.5 Å². The number of rotatable bonds is 4. The zero-order valence-corrected chi connectivity index (χ0v) is 11.1. The number of fused-ring (bicyclic) bond motifs is 1. The van der Waals surface area contributed by atoms with Crippen LogP contribution in [0.15, 0.2) is 24.3 Å². The summed E-state index contributed by atoms with van der Waals surface area (Å²) < 4.78 is 2.26. The molecule has 0 aliphatic heterocycles. The van der Waals surface area contributed by atoms with Crippen molar-refractivity contribution in [2.45, 2.75) is 39.7 Å². The molecule has 1 N–H and O–H groups in total. The number of aryl methyl sites for hydroxylation is 2. The average molecular weight is 245 g/mol. The standard InChI is InChI=1S/C15H19NO2/c1-10(2)16-13(7-8-14(17)18)9-12-6-4-5-11(3)15(12)16/h4-6,9-10H,7-8H2,1-3H3,(H,17,18). The highest BCUT2D eigenvalue weighted by Crippen LogP contribution is 2.27. The number of hydrogen-bond acceptors (Lipinski definition) is 1. The summed E-state index contributed by atoms with van der Waals surface area (Å²) in [6.07, 6.45) is 0.768. The Labute approximate surface area is 107 Å². The lowest BCUT2D eigenvalue weighted by Gasteiger charge is -2.15. The number of para-hydroxylation sites is 1. The number of aromatic nitrogens is 1. The fourth-order valence-electron chi connectivity index (χ4n) is 2.54. The van der Waals surface area contributed by atoms with Crippen molar-refractivity contribution >= 4 is 16.9 Å². The van der Waals surface area contributed by atoms with E-state index in [1.165, 1.54) is 16.5 Å². The SMILES string of the molecule is Cc1cccc2cc(CCC(=O)O)n(C(C)C)c12. The molecule has 0 atom stereocenters. The zero-order valence-electron chi connectivity index (χ0n) is 11.1. The summed E-state index contributed by atoms with van der Waals surface area (Å²) in [5.41, 5.74) is 3.58. The maximum atomic E-state index is 10.7. The Kier molecular flexibility index (Phi) is 3.41. The molecule has 0 saturated carbocycles. The second kappa shape index (κ2) is 4.84. The van der Waals surface area contributed by atoms with E-state index in [1.807, 2.05) is 6.07 Å². The number of carboxylic acid groups (broad SMARTS) is 1. The summed E-state index contributed by atoms with van der Waals surface area (Å²) in [4.78, 5) is 10.7. The molecule has 3 nitrogen and oxygen atoms in total. The van der Waals surface area contributed by atoms with E-state index < -0.39 is 5.97 Å². The lowest BCUT2D eigenvalue weighted by atomic mass is 10.1. The number of nitrogens with zero attached hydrogens (tertiary/aromatic N) is 1. The van der Waals surface area contributed by atoms with Gasteiger partial charge in [0, 0.05) is 17.1 Å². The summed E-state index contributed by atoms with van der Waals surface area (Å²) in [6, 6.07) is 8.69. The van der Waals surface area contributed by atoms with Gasteiger partial charge in [-0.25, -0.2) is 0 Å². The molecule has 0 aliphatic carbocycles. The molecule has 0 fully saturated rings. The van der Waals surface area contributed by atoms with Gasteiger partial charge in [0.05, 0.1) is 11.9 Å². The summed E-state index contributed by atoms with van der Waals surface area (Å²) in [5, 5.41) is 10.0. The summed E-state index contributed by atoms with van der Waals surface area (Å²) in [7, 11) is 0. The van der Waals surface area contributed by atoms with Crippen molar-refractivity contribution in [2.24, 2.45) is 0 Å². The van der Waals surface area contributed by atoms with E-state index in [2.05, 4.69) is 43.5 Å². The van der Waals surface area contributed by atoms with Crippen LogP contribution in [-0.2, 0) is 11.2 Å². The van der Waals surface area contributed by atoms with Crippen molar-refractivity contribution < 1.29 is 9.90 Å². The molecule has 1 aromatic carbocycles. The Morgan fingerprint density at radius 2 is 2.11 bits per heavy atom. The second-order valence-electron chi connectivity index (χ2n) is 5.01. The Bertz CT molecular complexity index is 581. The van der Waals surface area contributed by atoms with E-state index >= 15 is 0 Å². The summed E-state index contributed by atoms with van der Waals surface area (Å²) in [5.74, 6) is -0.743. The molecule has 0 spiro atoms. The molecule has 1 heterocycles. The quantitative estimate of drug-likeness (QED) is 0.895. The van der Waals surface area contributed by atoms with Crippen LogP contribution in [0.1, 0.15) is 37.6 Å². The fourth-order valence-corrected chi connectivity index (χ4v) is 2.54. The van der Waals surface area contributed by atoms with E-state index in [-0.39, 0.29) is 6.42 Å². The number of carbonyl (C=O) groups is 1. The lowest BCUT2D eigenvalue weighted by molar-refractivity contribution is -0.136. The van der Waals surface area contributed by atoms with Crippen LogP contribution in [0.5, 0.6) is 0 Å². The largest absolute Gasteiger partial charge is 0.481 e. The highest BCUT2D eigenvalue weighted by molar-refractivity contribution is 5.84. The molecule has 0 unspecified atom stereocenters. The van der Waals surface area contributed by atoms with E-state index in [0.717, 1.165) is 5.69 Å². The van der Waals surface area contributed by atoms with Gasteiger partial charge in [0.1, 0.15) is 0 Å². The van der Waals surface area contributed by atoms with Crippen molar-refractivity contribution in [1.29, 1.82) is 0 Å². The fraction of sp³-hybridized carbons (Fsp3) is 0.400. The molecular formula is C15H19NO2.